The third kappa shape index (κ3) is 2.32. The molecule has 0 saturated heterocycles. The number of rotatable bonds is 3. The molecule has 0 aliphatic heterocycles. The van der Waals surface area contributed by atoms with Gasteiger partial charge in [0.25, 0.3) is 0 Å². The van der Waals surface area contributed by atoms with Crippen molar-refractivity contribution in [1.29, 1.82) is 0 Å². The van der Waals surface area contributed by atoms with Crippen LogP contribution < -0.4 is 0 Å². The van der Waals surface area contributed by atoms with E-state index in [1.165, 1.54) is 0 Å². The van der Waals surface area contributed by atoms with E-state index in [2.05, 4.69) is 13.5 Å². The van der Waals surface area contributed by atoms with Gasteiger partial charge < -0.3 is 5.11 Å². The summed E-state index contributed by atoms with van der Waals surface area (Å²) in [7, 11) is 0. The molecule has 0 saturated carbocycles. The normalized spacial score (nSPS) is 31.9. The molecule has 0 bridgehead atoms. The van der Waals surface area contributed by atoms with E-state index in [1.54, 1.807) is 6.08 Å². The highest BCUT2D eigenvalue weighted by atomic mass is 16.3. The molecule has 78 valence electrons. The van der Waals surface area contributed by atoms with E-state index in [9.17, 15) is 9.90 Å². The van der Waals surface area contributed by atoms with Crippen LogP contribution in [0, 0.1) is 11.3 Å². The Hall–Kier alpha value is -0.890. The van der Waals surface area contributed by atoms with Crippen LogP contribution in [0.5, 0.6) is 0 Å². The third-order valence-electron chi connectivity index (χ3n) is 2.93. The average molecular weight is 194 g/mol. The number of ketones is 1. The Morgan fingerprint density at radius 3 is 2.93 bits per heavy atom. The van der Waals surface area contributed by atoms with Gasteiger partial charge in [-0.25, -0.2) is 0 Å². The first-order valence-electron chi connectivity index (χ1n) is 4.95. The molecular formula is C12H18O2. The molecule has 2 nitrogen and oxygen atoms in total. The van der Waals surface area contributed by atoms with Gasteiger partial charge in [0.05, 0.1) is 0 Å². The van der Waals surface area contributed by atoms with Crippen molar-refractivity contribution in [2.24, 2.45) is 11.3 Å². The first-order chi connectivity index (χ1) is 6.48. The number of aliphatic hydroxyl groups is 1. The Labute approximate surface area is 85.3 Å². The van der Waals surface area contributed by atoms with Gasteiger partial charge in [0.2, 0.25) is 0 Å². The van der Waals surface area contributed by atoms with E-state index in [1.807, 2.05) is 13.0 Å². The fourth-order valence-corrected chi connectivity index (χ4v) is 2.09. The zero-order valence-electron chi connectivity index (χ0n) is 8.92. The SMILES string of the molecule is C=C(C)CC1(C)C=CC(=O)CC1CO. The summed E-state index contributed by atoms with van der Waals surface area (Å²) in [4.78, 5) is 11.2. The second-order valence-corrected chi connectivity index (χ2v) is 4.52. The van der Waals surface area contributed by atoms with Gasteiger partial charge in [-0.15, -0.1) is 6.58 Å². The lowest BCUT2D eigenvalue weighted by atomic mass is 9.68. The maximum absolute atomic E-state index is 11.2. The minimum absolute atomic E-state index is 0.0386. The topological polar surface area (TPSA) is 37.3 Å². The highest BCUT2D eigenvalue weighted by molar-refractivity contribution is 5.91. The Bertz CT molecular complexity index is 278. The molecule has 0 aromatic heterocycles. The van der Waals surface area contributed by atoms with Crippen LogP contribution in [-0.4, -0.2) is 17.5 Å². The number of hydrogen-bond acceptors (Lipinski definition) is 2. The van der Waals surface area contributed by atoms with Gasteiger partial charge in [0.1, 0.15) is 0 Å². The van der Waals surface area contributed by atoms with Crippen LogP contribution in [-0.2, 0) is 4.79 Å². The Balaban J connectivity index is 2.87. The molecule has 0 heterocycles. The predicted octanol–water partition coefficient (Wildman–Crippen LogP) is 2.10. The summed E-state index contributed by atoms with van der Waals surface area (Å²) in [5, 5.41) is 9.24. The number of hydrogen-bond donors (Lipinski definition) is 1. The summed E-state index contributed by atoms with van der Waals surface area (Å²) < 4.78 is 0. The lowest BCUT2D eigenvalue weighted by Crippen LogP contribution is -2.33. The van der Waals surface area contributed by atoms with Crippen molar-refractivity contribution in [3.05, 3.63) is 24.3 Å². The molecule has 0 fully saturated rings. The van der Waals surface area contributed by atoms with Crippen LogP contribution in [0.3, 0.4) is 0 Å². The van der Waals surface area contributed by atoms with Crippen LogP contribution >= 0.6 is 0 Å². The molecule has 1 aliphatic rings. The van der Waals surface area contributed by atoms with Crippen molar-refractivity contribution >= 4 is 5.78 Å². The number of aliphatic hydroxyl groups excluding tert-OH is 1. The molecule has 0 aromatic carbocycles. The molecule has 1 aliphatic carbocycles. The van der Waals surface area contributed by atoms with Crippen molar-refractivity contribution in [3.8, 4) is 0 Å². The molecule has 2 atom stereocenters. The van der Waals surface area contributed by atoms with Crippen molar-refractivity contribution in [3.63, 3.8) is 0 Å². The van der Waals surface area contributed by atoms with Gasteiger partial charge in [-0.1, -0.05) is 18.6 Å². The zero-order valence-corrected chi connectivity index (χ0v) is 8.92. The Kier molecular flexibility index (Phi) is 3.27. The Morgan fingerprint density at radius 1 is 1.79 bits per heavy atom. The van der Waals surface area contributed by atoms with Gasteiger partial charge in [-0.05, 0) is 30.8 Å². The summed E-state index contributed by atoms with van der Waals surface area (Å²) in [5.74, 6) is 0.153. The Morgan fingerprint density at radius 2 is 2.43 bits per heavy atom. The number of carbonyl (C=O) groups is 1. The molecule has 14 heavy (non-hydrogen) atoms. The van der Waals surface area contributed by atoms with Crippen molar-refractivity contribution in [1.82, 2.24) is 0 Å². The second-order valence-electron chi connectivity index (χ2n) is 4.52. The molecule has 0 radical (unpaired) electrons. The average Bonchev–Trinajstić information content (AvgIpc) is 2.08. The molecule has 2 unspecified atom stereocenters. The summed E-state index contributed by atoms with van der Waals surface area (Å²) in [6.45, 7) is 8.00. The smallest absolute Gasteiger partial charge is 0.155 e. The summed E-state index contributed by atoms with van der Waals surface area (Å²) in [5.41, 5.74) is 0.985. The van der Waals surface area contributed by atoms with Crippen LogP contribution in [0.1, 0.15) is 26.7 Å². The standard InChI is InChI=1S/C12H18O2/c1-9(2)7-12(3)5-4-11(14)6-10(12)8-13/h4-5,10,13H,1,6-8H2,2-3H3. The maximum atomic E-state index is 11.2. The minimum atomic E-state index is -0.103. The van der Waals surface area contributed by atoms with Crippen molar-refractivity contribution < 1.29 is 9.90 Å². The van der Waals surface area contributed by atoms with E-state index >= 15 is 0 Å². The highest BCUT2D eigenvalue weighted by Gasteiger charge is 2.35. The maximum Gasteiger partial charge on any atom is 0.155 e. The van der Waals surface area contributed by atoms with Gasteiger partial charge in [-0.3, -0.25) is 4.79 Å². The third-order valence-corrected chi connectivity index (χ3v) is 2.93. The van der Waals surface area contributed by atoms with Crippen LogP contribution in [0.2, 0.25) is 0 Å². The van der Waals surface area contributed by atoms with E-state index in [0.717, 1.165) is 12.0 Å². The second kappa shape index (κ2) is 4.09. The first kappa shape index (κ1) is 11.2. The molecule has 1 N–H and O–H groups in total. The molecule has 2 heteroatoms. The minimum Gasteiger partial charge on any atom is -0.396 e. The summed E-state index contributed by atoms with van der Waals surface area (Å²) >= 11 is 0. The van der Waals surface area contributed by atoms with Crippen LogP contribution in [0.15, 0.2) is 24.3 Å². The van der Waals surface area contributed by atoms with Gasteiger partial charge in [0.15, 0.2) is 5.78 Å². The summed E-state index contributed by atoms with van der Waals surface area (Å²) in [6.07, 6.45) is 4.85. The monoisotopic (exact) mass is 194 g/mol. The molecule has 0 amide bonds. The quantitative estimate of drug-likeness (QED) is 0.698. The van der Waals surface area contributed by atoms with E-state index < -0.39 is 0 Å². The molecular weight excluding hydrogens is 176 g/mol. The number of carbonyl (C=O) groups excluding carboxylic acids is 1. The van der Waals surface area contributed by atoms with E-state index in [-0.39, 0.29) is 23.7 Å². The fourth-order valence-electron chi connectivity index (χ4n) is 2.09. The van der Waals surface area contributed by atoms with Crippen molar-refractivity contribution in [2.75, 3.05) is 6.61 Å². The van der Waals surface area contributed by atoms with Crippen LogP contribution in [0.4, 0.5) is 0 Å². The van der Waals surface area contributed by atoms with E-state index in [0.29, 0.717) is 6.42 Å². The lowest BCUT2D eigenvalue weighted by Gasteiger charge is -2.36. The lowest BCUT2D eigenvalue weighted by molar-refractivity contribution is -0.117. The van der Waals surface area contributed by atoms with Gasteiger partial charge in [0, 0.05) is 13.0 Å². The molecule has 0 spiro atoms. The predicted molar refractivity (Wildman–Crippen MR) is 56.9 cm³/mol. The van der Waals surface area contributed by atoms with Gasteiger partial charge >= 0.3 is 0 Å². The summed E-state index contributed by atoms with van der Waals surface area (Å²) in [6, 6.07) is 0. The number of allylic oxidation sites excluding steroid dienone is 3. The van der Waals surface area contributed by atoms with Crippen molar-refractivity contribution in [2.45, 2.75) is 26.7 Å². The van der Waals surface area contributed by atoms with E-state index in [4.69, 9.17) is 0 Å². The zero-order chi connectivity index (χ0) is 10.8. The molecule has 1 rings (SSSR count). The fraction of sp³-hybridized carbons (Fsp3) is 0.583. The first-order valence-corrected chi connectivity index (χ1v) is 4.95. The van der Waals surface area contributed by atoms with Crippen LogP contribution in [0.25, 0.3) is 0 Å². The largest absolute Gasteiger partial charge is 0.396 e. The highest BCUT2D eigenvalue weighted by Crippen LogP contribution is 2.39. The van der Waals surface area contributed by atoms with Gasteiger partial charge in [-0.2, -0.15) is 0 Å². The molecule has 0 aromatic rings.